The summed E-state index contributed by atoms with van der Waals surface area (Å²) in [5, 5.41) is 3.57. The van der Waals surface area contributed by atoms with Crippen LogP contribution in [0.1, 0.15) is 55.4 Å². The SMILES string of the molecule is C=CCOC(=O)OC1CNC(C(c2ccc(C)cc2)c2ccc(C(C)(C)C)cc2)C1. The van der Waals surface area contributed by atoms with Crippen LogP contribution < -0.4 is 5.32 Å². The molecule has 0 saturated carbocycles. The van der Waals surface area contributed by atoms with E-state index < -0.39 is 6.16 Å². The zero-order valence-corrected chi connectivity index (χ0v) is 18.5. The van der Waals surface area contributed by atoms with Crippen molar-refractivity contribution in [1.29, 1.82) is 0 Å². The first-order chi connectivity index (χ1) is 14.3. The molecule has 2 aromatic carbocycles. The van der Waals surface area contributed by atoms with Gasteiger partial charge in [0.25, 0.3) is 0 Å². The average Bonchev–Trinajstić information content (AvgIpc) is 3.15. The highest BCUT2D eigenvalue weighted by molar-refractivity contribution is 5.60. The fourth-order valence-corrected chi connectivity index (χ4v) is 3.99. The summed E-state index contributed by atoms with van der Waals surface area (Å²) in [4.78, 5) is 11.8. The van der Waals surface area contributed by atoms with E-state index in [0.717, 1.165) is 6.42 Å². The van der Waals surface area contributed by atoms with Crippen LogP contribution in [0.2, 0.25) is 0 Å². The molecule has 0 amide bonds. The molecule has 4 heteroatoms. The van der Waals surface area contributed by atoms with Gasteiger partial charge in [0, 0.05) is 24.9 Å². The molecule has 1 aliphatic heterocycles. The molecule has 30 heavy (non-hydrogen) atoms. The normalized spacial score (nSPS) is 19.9. The number of nitrogens with one attached hydrogen (secondary N) is 1. The Morgan fingerprint density at radius 3 is 2.30 bits per heavy atom. The lowest BCUT2D eigenvalue weighted by Crippen LogP contribution is -2.29. The molecule has 0 bridgehead atoms. The Labute approximate surface area is 180 Å². The van der Waals surface area contributed by atoms with Gasteiger partial charge < -0.3 is 14.8 Å². The third kappa shape index (κ3) is 5.51. The fraction of sp³-hybridized carbons (Fsp3) is 0.423. The highest BCUT2D eigenvalue weighted by atomic mass is 16.7. The first-order valence-corrected chi connectivity index (χ1v) is 10.6. The van der Waals surface area contributed by atoms with Crippen molar-refractivity contribution < 1.29 is 14.3 Å². The van der Waals surface area contributed by atoms with Gasteiger partial charge >= 0.3 is 6.16 Å². The number of ether oxygens (including phenoxy) is 2. The van der Waals surface area contributed by atoms with Crippen LogP contribution in [-0.2, 0) is 14.9 Å². The summed E-state index contributed by atoms with van der Waals surface area (Å²) in [5.41, 5.74) is 5.20. The molecule has 3 unspecified atom stereocenters. The number of benzene rings is 2. The summed E-state index contributed by atoms with van der Waals surface area (Å²) in [7, 11) is 0. The Morgan fingerprint density at radius 2 is 1.73 bits per heavy atom. The maximum absolute atomic E-state index is 11.8. The van der Waals surface area contributed by atoms with Gasteiger partial charge in [-0.1, -0.05) is 87.5 Å². The minimum Gasteiger partial charge on any atom is -0.430 e. The molecule has 1 N–H and O–H groups in total. The Hall–Kier alpha value is -2.59. The minimum atomic E-state index is -0.635. The maximum Gasteiger partial charge on any atom is 0.508 e. The summed E-state index contributed by atoms with van der Waals surface area (Å²) in [6.07, 6.45) is 1.44. The van der Waals surface area contributed by atoms with Crippen LogP contribution in [0.15, 0.2) is 61.2 Å². The molecular weight excluding hydrogens is 374 g/mol. The third-order valence-corrected chi connectivity index (χ3v) is 5.68. The van der Waals surface area contributed by atoms with Gasteiger partial charge in [-0.25, -0.2) is 4.79 Å². The van der Waals surface area contributed by atoms with E-state index in [-0.39, 0.29) is 30.1 Å². The van der Waals surface area contributed by atoms with Gasteiger partial charge in [0.2, 0.25) is 0 Å². The summed E-state index contributed by atoms with van der Waals surface area (Å²) in [6, 6.07) is 17.8. The molecule has 160 valence electrons. The molecule has 3 atom stereocenters. The van der Waals surface area contributed by atoms with Gasteiger partial charge in [-0.15, -0.1) is 0 Å². The summed E-state index contributed by atoms with van der Waals surface area (Å²) in [6.45, 7) is 13.1. The quantitative estimate of drug-likeness (QED) is 0.508. The van der Waals surface area contributed by atoms with Gasteiger partial charge in [-0.3, -0.25) is 0 Å². The molecule has 3 rings (SSSR count). The molecule has 1 aliphatic rings. The van der Waals surface area contributed by atoms with E-state index in [1.807, 2.05) is 0 Å². The predicted octanol–water partition coefficient (Wildman–Crippen LogP) is 5.49. The molecule has 1 heterocycles. The van der Waals surface area contributed by atoms with Crippen molar-refractivity contribution in [3.8, 4) is 0 Å². The molecule has 2 aromatic rings. The molecule has 0 aliphatic carbocycles. The summed E-state index contributed by atoms with van der Waals surface area (Å²) < 4.78 is 10.4. The second kappa shape index (κ2) is 9.48. The van der Waals surface area contributed by atoms with Crippen molar-refractivity contribution in [1.82, 2.24) is 5.32 Å². The van der Waals surface area contributed by atoms with Crippen LogP contribution >= 0.6 is 0 Å². The van der Waals surface area contributed by atoms with Crippen LogP contribution in [0.5, 0.6) is 0 Å². The van der Waals surface area contributed by atoms with Crippen LogP contribution in [0.4, 0.5) is 4.79 Å². The Balaban J connectivity index is 1.81. The van der Waals surface area contributed by atoms with Crippen LogP contribution in [0.3, 0.4) is 0 Å². The van der Waals surface area contributed by atoms with Crippen LogP contribution in [-0.4, -0.2) is 31.5 Å². The van der Waals surface area contributed by atoms with Gasteiger partial charge in [0.15, 0.2) is 0 Å². The zero-order valence-electron chi connectivity index (χ0n) is 18.5. The highest BCUT2D eigenvalue weighted by Crippen LogP contribution is 2.34. The van der Waals surface area contributed by atoms with E-state index in [0.29, 0.717) is 6.54 Å². The largest absolute Gasteiger partial charge is 0.508 e. The van der Waals surface area contributed by atoms with E-state index in [4.69, 9.17) is 9.47 Å². The number of carbonyl (C=O) groups is 1. The van der Waals surface area contributed by atoms with Crippen molar-refractivity contribution in [3.05, 3.63) is 83.4 Å². The lowest BCUT2D eigenvalue weighted by atomic mass is 9.81. The topological polar surface area (TPSA) is 47.6 Å². The molecule has 4 nitrogen and oxygen atoms in total. The van der Waals surface area contributed by atoms with E-state index in [2.05, 4.69) is 88.1 Å². The van der Waals surface area contributed by atoms with Gasteiger partial charge in [0.1, 0.15) is 12.7 Å². The number of carbonyl (C=O) groups excluding carboxylic acids is 1. The predicted molar refractivity (Wildman–Crippen MR) is 121 cm³/mol. The van der Waals surface area contributed by atoms with Gasteiger partial charge in [-0.2, -0.15) is 0 Å². The fourth-order valence-electron chi connectivity index (χ4n) is 3.99. The Kier molecular flexibility index (Phi) is 6.99. The summed E-state index contributed by atoms with van der Waals surface area (Å²) in [5.74, 6) is 0.178. The van der Waals surface area contributed by atoms with Crippen molar-refractivity contribution >= 4 is 6.16 Å². The number of hydrogen-bond acceptors (Lipinski definition) is 4. The Morgan fingerprint density at radius 1 is 1.13 bits per heavy atom. The maximum atomic E-state index is 11.8. The van der Waals surface area contributed by atoms with E-state index in [1.54, 1.807) is 0 Å². The van der Waals surface area contributed by atoms with Gasteiger partial charge in [0.05, 0.1) is 0 Å². The van der Waals surface area contributed by atoms with E-state index in [1.165, 1.54) is 28.3 Å². The molecule has 1 fully saturated rings. The lowest BCUT2D eigenvalue weighted by molar-refractivity contribution is 0.0352. The van der Waals surface area contributed by atoms with Crippen molar-refractivity contribution in [2.45, 2.75) is 57.6 Å². The van der Waals surface area contributed by atoms with Crippen molar-refractivity contribution in [2.24, 2.45) is 0 Å². The number of rotatable bonds is 6. The van der Waals surface area contributed by atoms with Crippen molar-refractivity contribution in [3.63, 3.8) is 0 Å². The van der Waals surface area contributed by atoms with Crippen LogP contribution in [0, 0.1) is 6.92 Å². The smallest absolute Gasteiger partial charge is 0.430 e. The third-order valence-electron chi connectivity index (χ3n) is 5.68. The zero-order chi connectivity index (χ0) is 21.7. The monoisotopic (exact) mass is 407 g/mol. The first-order valence-electron chi connectivity index (χ1n) is 10.6. The lowest BCUT2D eigenvalue weighted by Gasteiger charge is -2.26. The minimum absolute atomic E-state index is 0.119. The van der Waals surface area contributed by atoms with E-state index >= 15 is 0 Å². The number of hydrogen-bond donors (Lipinski definition) is 1. The second-order valence-corrected chi connectivity index (χ2v) is 9.10. The van der Waals surface area contributed by atoms with Crippen LogP contribution in [0.25, 0.3) is 0 Å². The van der Waals surface area contributed by atoms with Crippen molar-refractivity contribution in [2.75, 3.05) is 13.2 Å². The summed E-state index contributed by atoms with van der Waals surface area (Å²) >= 11 is 0. The number of aryl methyl sites for hydroxylation is 1. The first kappa shape index (κ1) is 22.1. The molecular formula is C26H33NO3. The highest BCUT2D eigenvalue weighted by Gasteiger charge is 2.34. The molecule has 0 spiro atoms. The Bertz CT molecular complexity index is 849. The molecule has 0 radical (unpaired) electrons. The molecule has 0 aromatic heterocycles. The second-order valence-electron chi connectivity index (χ2n) is 9.10. The standard InChI is InChI=1S/C26H33NO3/c1-6-15-29-25(28)30-22-16-23(27-17-22)24(19-9-7-18(2)8-10-19)20-11-13-21(14-12-20)26(3,4)5/h6-14,22-24,27H,1,15-17H2,2-5H3. The van der Waals surface area contributed by atoms with Gasteiger partial charge in [-0.05, 0) is 29.0 Å². The average molecular weight is 408 g/mol. The molecule has 1 saturated heterocycles. The van der Waals surface area contributed by atoms with E-state index in [9.17, 15) is 4.79 Å².